The first-order valence-corrected chi connectivity index (χ1v) is 11.1. The third kappa shape index (κ3) is 3.13. The summed E-state index contributed by atoms with van der Waals surface area (Å²) in [5.74, 6) is 2.73. The topological polar surface area (TPSA) is 55.4 Å². The van der Waals surface area contributed by atoms with Crippen LogP contribution in [0.3, 0.4) is 0 Å². The highest BCUT2D eigenvalue weighted by atomic mass is 32.2. The van der Waals surface area contributed by atoms with Gasteiger partial charge in [0.05, 0.1) is 12.3 Å². The van der Waals surface area contributed by atoms with E-state index in [9.17, 15) is 0 Å². The van der Waals surface area contributed by atoms with Crippen LogP contribution in [0.15, 0.2) is 47.5 Å². The van der Waals surface area contributed by atoms with Gasteiger partial charge >= 0.3 is 0 Å². The molecule has 1 aliphatic heterocycles. The number of benzene rings is 2. The number of aliphatic imine (C=N–C) groups is 1. The summed E-state index contributed by atoms with van der Waals surface area (Å²) in [7, 11) is 0. The van der Waals surface area contributed by atoms with Gasteiger partial charge in [0.2, 0.25) is 4.96 Å². The van der Waals surface area contributed by atoms with E-state index in [1.54, 1.807) is 23.1 Å². The molecule has 130 valence electrons. The molecule has 0 spiro atoms. The van der Waals surface area contributed by atoms with Crippen LogP contribution in [0.1, 0.15) is 16.4 Å². The molecule has 0 saturated heterocycles. The molecular formula is C18H15N5S3. The van der Waals surface area contributed by atoms with Crippen LogP contribution in [-0.2, 0) is 12.2 Å². The Balaban J connectivity index is 1.41. The molecule has 0 radical (unpaired) electrons. The Morgan fingerprint density at radius 1 is 1.08 bits per heavy atom. The van der Waals surface area contributed by atoms with E-state index in [2.05, 4.69) is 57.7 Å². The van der Waals surface area contributed by atoms with E-state index >= 15 is 0 Å². The second-order valence-electron chi connectivity index (χ2n) is 5.91. The van der Waals surface area contributed by atoms with Gasteiger partial charge in [-0.2, -0.15) is 9.61 Å². The molecule has 0 unspecified atom stereocenters. The monoisotopic (exact) mass is 397 g/mol. The van der Waals surface area contributed by atoms with Crippen molar-refractivity contribution in [1.29, 1.82) is 0 Å². The predicted molar refractivity (Wildman–Crippen MR) is 111 cm³/mol. The molecule has 0 bridgehead atoms. The summed E-state index contributed by atoms with van der Waals surface area (Å²) in [6.45, 7) is 0.925. The van der Waals surface area contributed by atoms with Crippen molar-refractivity contribution in [3.05, 3.63) is 58.9 Å². The summed E-state index contributed by atoms with van der Waals surface area (Å²) in [5, 5.41) is 17.0. The fraction of sp³-hybridized carbons (Fsp3) is 0.222. The number of hydrogen-bond acceptors (Lipinski definition) is 7. The molecule has 3 heterocycles. The number of hydrogen-bond donors (Lipinski definition) is 0. The number of fused-ring (bicyclic) bond motifs is 2. The average molecular weight is 398 g/mol. The van der Waals surface area contributed by atoms with Gasteiger partial charge in [-0.05, 0) is 16.3 Å². The summed E-state index contributed by atoms with van der Waals surface area (Å²) < 4.78 is 3.03. The largest absolute Gasteiger partial charge is 0.271 e. The molecule has 0 atom stereocenters. The first-order chi connectivity index (χ1) is 12.9. The Bertz CT molecular complexity index is 1110. The van der Waals surface area contributed by atoms with Gasteiger partial charge in [0, 0.05) is 12.2 Å². The Kier molecular flexibility index (Phi) is 4.40. The molecule has 5 rings (SSSR count). The molecule has 2 aromatic heterocycles. The number of thioether (sulfide) groups is 2. The Morgan fingerprint density at radius 2 is 2.00 bits per heavy atom. The molecule has 2 aromatic carbocycles. The first-order valence-electron chi connectivity index (χ1n) is 8.33. The van der Waals surface area contributed by atoms with Crippen LogP contribution in [0.5, 0.6) is 0 Å². The van der Waals surface area contributed by atoms with Crippen LogP contribution in [0.2, 0.25) is 0 Å². The summed E-state index contributed by atoms with van der Waals surface area (Å²) in [6.07, 6.45) is 0.810. The fourth-order valence-electron chi connectivity index (χ4n) is 3.00. The Labute approximate surface area is 162 Å². The van der Waals surface area contributed by atoms with Crippen LogP contribution >= 0.6 is 34.9 Å². The number of rotatable bonds is 4. The van der Waals surface area contributed by atoms with Crippen molar-refractivity contribution in [2.75, 3.05) is 12.3 Å². The van der Waals surface area contributed by atoms with Gasteiger partial charge in [0.15, 0.2) is 5.82 Å². The Morgan fingerprint density at radius 3 is 2.92 bits per heavy atom. The van der Waals surface area contributed by atoms with Crippen molar-refractivity contribution >= 4 is 55.0 Å². The maximum atomic E-state index is 4.77. The van der Waals surface area contributed by atoms with Crippen molar-refractivity contribution in [2.24, 2.45) is 4.99 Å². The molecule has 4 aromatic rings. The zero-order valence-electron chi connectivity index (χ0n) is 13.8. The molecule has 0 fully saturated rings. The van der Waals surface area contributed by atoms with Crippen molar-refractivity contribution in [3.8, 4) is 0 Å². The minimum absolute atomic E-state index is 0.754. The highest BCUT2D eigenvalue weighted by Gasteiger charge is 2.15. The summed E-state index contributed by atoms with van der Waals surface area (Å²) >= 11 is 5.15. The number of nitrogens with zero attached hydrogens (tertiary/aromatic N) is 5. The van der Waals surface area contributed by atoms with Crippen molar-refractivity contribution in [1.82, 2.24) is 19.8 Å². The zero-order valence-corrected chi connectivity index (χ0v) is 16.3. The lowest BCUT2D eigenvalue weighted by molar-refractivity contribution is 0.858. The molecular weight excluding hydrogens is 382 g/mol. The van der Waals surface area contributed by atoms with Gasteiger partial charge in [-0.1, -0.05) is 77.3 Å². The van der Waals surface area contributed by atoms with Crippen molar-refractivity contribution in [2.45, 2.75) is 12.2 Å². The van der Waals surface area contributed by atoms with Gasteiger partial charge in [-0.25, -0.2) is 0 Å². The molecule has 0 amide bonds. The lowest BCUT2D eigenvalue weighted by Crippen LogP contribution is -1.97. The van der Waals surface area contributed by atoms with Gasteiger partial charge in [-0.15, -0.1) is 10.2 Å². The maximum absolute atomic E-state index is 4.77. The molecule has 8 heteroatoms. The van der Waals surface area contributed by atoms with Gasteiger partial charge in [0.1, 0.15) is 9.38 Å². The van der Waals surface area contributed by atoms with Gasteiger partial charge in [0.25, 0.3) is 0 Å². The highest BCUT2D eigenvalue weighted by Crippen LogP contribution is 2.27. The molecule has 0 saturated carbocycles. The van der Waals surface area contributed by atoms with Gasteiger partial charge < -0.3 is 0 Å². The van der Waals surface area contributed by atoms with Crippen molar-refractivity contribution in [3.63, 3.8) is 0 Å². The van der Waals surface area contributed by atoms with Crippen LogP contribution in [-0.4, -0.2) is 36.5 Å². The molecule has 26 heavy (non-hydrogen) atoms. The van der Waals surface area contributed by atoms with Crippen molar-refractivity contribution < 1.29 is 0 Å². The van der Waals surface area contributed by atoms with Crippen LogP contribution in [0.4, 0.5) is 0 Å². The zero-order chi connectivity index (χ0) is 17.3. The summed E-state index contributed by atoms with van der Waals surface area (Å²) in [4.78, 5) is 5.33. The van der Waals surface area contributed by atoms with Crippen LogP contribution in [0.25, 0.3) is 15.7 Å². The van der Waals surface area contributed by atoms with E-state index < -0.39 is 0 Å². The second kappa shape index (κ2) is 7.02. The molecule has 0 aliphatic carbocycles. The van der Waals surface area contributed by atoms with Gasteiger partial charge in [-0.3, -0.25) is 4.99 Å². The maximum Gasteiger partial charge on any atom is 0.234 e. The smallest absolute Gasteiger partial charge is 0.234 e. The highest BCUT2D eigenvalue weighted by molar-refractivity contribution is 8.38. The van der Waals surface area contributed by atoms with Crippen LogP contribution in [0, 0.1) is 0 Å². The SMILES string of the molecule is c1ccc2c(Cc3nn4c(CSC5=NCCS5)nnc4s3)cccc2c1. The predicted octanol–water partition coefficient (Wildman–Crippen LogP) is 4.27. The average Bonchev–Trinajstić information content (AvgIpc) is 3.38. The number of aromatic nitrogens is 4. The lowest BCUT2D eigenvalue weighted by Gasteiger charge is -2.04. The Hall–Kier alpha value is -1.90. The van der Waals surface area contributed by atoms with Crippen LogP contribution < -0.4 is 0 Å². The standard InChI is InChI=1S/C18H15N5S3/c1-2-7-14-12(4-1)5-3-6-13(14)10-16-22-23-15(20-21-17(23)26-16)11-25-18-19-8-9-24-18/h1-7H,8-11H2. The van der Waals surface area contributed by atoms with E-state index in [-0.39, 0.29) is 0 Å². The quantitative estimate of drug-likeness (QED) is 0.515. The van der Waals surface area contributed by atoms with E-state index in [4.69, 9.17) is 5.10 Å². The first kappa shape index (κ1) is 16.3. The van der Waals surface area contributed by atoms with E-state index in [0.717, 1.165) is 44.6 Å². The third-order valence-electron chi connectivity index (χ3n) is 4.20. The minimum atomic E-state index is 0.754. The second-order valence-corrected chi connectivity index (χ2v) is 9.25. The summed E-state index contributed by atoms with van der Waals surface area (Å²) in [6, 6.07) is 14.9. The minimum Gasteiger partial charge on any atom is -0.271 e. The molecule has 5 nitrogen and oxygen atoms in total. The van der Waals surface area contributed by atoms with E-state index in [0.29, 0.717) is 0 Å². The normalized spacial score (nSPS) is 14.4. The lowest BCUT2D eigenvalue weighted by atomic mass is 10.0. The third-order valence-corrected chi connectivity index (χ3v) is 7.35. The van der Waals surface area contributed by atoms with E-state index in [1.165, 1.54) is 16.3 Å². The van der Waals surface area contributed by atoms with E-state index in [1.807, 2.05) is 16.3 Å². The molecule has 0 N–H and O–H groups in total. The molecule has 1 aliphatic rings. The fourth-order valence-corrected chi connectivity index (χ4v) is 5.79. The summed E-state index contributed by atoms with van der Waals surface area (Å²) in [5.41, 5.74) is 1.29.